The molecule has 2 aromatic carbocycles. The maximum absolute atomic E-state index is 13.4. The van der Waals surface area contributed by atoms with Crippen LogP contribution in [0.2, 0.25) is 0 Å². The molecule has 0 radical (unpaired) electrons. The molecule has 128 valence electrons. The average molecular weight is 340 g/mol. The van der Waals surface area contributed by atoms with E-state index in [9.17, 15) is 8.78 Å². The molecule has 2 N–H and O–H groups in total. The van der Waals surface area contributed by atoms with E-state index in [1.165, 1.54) is 6.07 Å². The smallest absolute Gasteiger partial charge is 0.229 e. The van der Waals surface area contributed by atoms with Crippen LogP contribution in [0.3, 0.4) is 0 Å². The van der Waals surface area contributed by atoms with Crippen LogP contribution in [0.4, 0.5) is 31.9 Å². The normalized spacial score (nSPS) is 10.6. The average Bonchev–Trinajstić information content (AvgIpc) is 2.55. The molecule has 0 atom stereocenters. The Labute approximate surface area is 145 Å². The summed E-state index contributed by atoms with van der Waals surface area (Å²) in [6.07, 6.45) is 0. The lowest BCUT2D eigenvalue weighted by molar-refractivity contribution is 0.509. The number of aromatic nitrogens is 2. The van der Waals surface area contributed by atoms with Gasteiger partial charge in [0.2, 0.25) is 5.95 Å². The van der Waals surface area contributed by atoms with E-state index in [-0.39, 0.29) is 0 Å². The van der Waals surface area contributed by atoms with Crippen molar-refractivity contribution in [2.45, 2.75) is 20.8 Å². The minimum atomic E-state index is -0.912. The molecule has 0 fully saturated rings. The molecule has 0 unspecified atom stereocenters. The number of nitrogens with one attached hydrogen (secondary N) is 2. The van der Waals surface area contributed by atoms with E-state index in [2.05, 4.69) is 20.6 Å². The van der Waals surface area contributed by atoms with E-state index in [1.807, 2.05) is 39.0 Å². The number of anilines is 4. The summed E-state index contributed by atoms with van der Waals surface area (Å²) in [7, 11) is 0. The first-order valence-corrected chi connectivity index (χ1v) is 7.83. The zero-order valence-corrected chi connectivity index (χ0v) is 14.2. The van der Waals surface area contributed by atoms with E-state index in [0.717, 1.165) is 34.6 Å². The van der Waals surface area contributed by atoms with Gasteiger partial charge in [-0.15, -0.1) is 0 Å². The first-order valence-electron chi connectivity index (χ1n) is 7.83. The molecule has 1 aromatic heterocycles. The Morgan fingerprint density at radius 3 is 2.40 bits per heavy atom. The van der Waals surface area contributed by atoms with Crippen LogP contribution in [0.15, 0.2) is 42.5 Å². The predicted molar refractivity (Wildman–Crippen MR) is 95.6 cm³/mol. The molecule has 0 aliphatic heterocycles. The van der Waals surface area contributed by atoms with Gasteiger partial charge in [-0.05, 0) is 50.1 Å². The fraction of sp³-hybridized carbons (Fsp3) is 0.158. The van der Waals surface area contributed by atoms with E-state index in [0.29, 0.717) is 17.5 Å². The van der Waals surface area contributed by atoms with Gasteiger partial charge in [0.15, 0.2) is 11.6 Å². The van der Waals surface area contributed by atoms with Crippen molar-refractivity contribution in [1.29, 1.82) is 0 Å². The Kier molecular flexibility index (Phi) is 4.61. The largest absolute Gasteiger partial charge is 0.340 e. The minimum Gasteiger partial charge on any atom is -0.340 e. The molecule has 4 nitrogen and oxygen atoms in total. The quantitative estimate of drug-likeness (QED) is 0.688. The van der Waals surface area contributed by atoms with E-state index < -0.39 is 11.6 Å². The second-order valence-electron chi connectivity index (χ2n) is 5.84. The van der Waals surface area contributed by atoms with Crippen LogP contribution in [0.1, 0.15) is 16.8 Å². The minimum absolute atomic E-state index is 0.412. The molecule has 0 spiro atoms. The van der Waals surface area contributed by atoms with Crippen molar-refractivity contribution in [2.24, 2.45) is 0 Å². The van der Waals surface area contributed by atoms with Crippen molar-refractivity contribution in [3.8, 4) is 0 Å². The number of nitrogens with zero attached hydrogens (tertiary/aromatic N) is 2. The van der Waals surface area contributed by atoms with Gasteiger partial charge >= 0.3 is 0 Å². The van der Waals surface area contributed by atoms with Crippen molar-refractivity contribution in [2.75, 3.05) is 10.6 Å². The number of rotatable bonds is 4. The standard InChI is InChI=1S/C19H18F2N4/c1-11-5-4-6-17(13(11)3)24-19-22-12(2)9-18(25-19)23-14-7-8-15(20)16(21)10-14/h4-10H,1-3H3,(H2,22,23,24,25). The topological polar surface area (TPSA) is 49.8 Å². The number of halogens is 2. The Balaban J connectivity index is 1.87. The molecule has 0 aliphatic carbocycles. The lowest BCUT2D eigenvalue weighted by atomic mass is 10.1. The molecular formula is C19H18F2N4. The summed E-state index contributed by atoms with van der Waals surface area (Å²) in [5.41, 5.74) is 4.35. The van der Waals surface area contributed by atoms with Gasteiger partial charge in [0.25, 0.3) is 0 Å². The molecule has 25 heavy (non-hydrogen) atoms. The molecule has 0 amide bonds. The molecule has 0 aliphatic rings. The summed E-state index contributed by atoms with van der Waals surface area (Å²) in [4.78, 5) is 8.77. The third-order valence-corrected chi connectivity index (χ3v) is 3.90. The van der Waals surface area contributed by atoms with Gasteiger partial charge in [-0.1, -0.05) is 12.1 Å². The molecule has 3 rings (SSSR count). The maximum atomic E-state index is 13.4. The highest BCUT2D eigenvalue weighted by molar-refractivity contribution is 5.63. The van der Waals surface area contributed by atoms with Gasteiger partial charge in [-0.3, -0.25) is 0 Å². The molecular weight excluding hydrogens is 322 g/mol. The predicted octanol–water partition coefficient (Wildman–Crippen LogP) is 5.17. The monoisotopic (exact) mass is 340 g/mol. The Morgan fingerprint density at radius 2 is 1.64 bits per heavy atom. The molecule has 0 saturated carbocycles. The van der Waals surface area contributed by atoms with Gasteiger partial charge in [0, 0.05) is 29.2 Å². The Hall–Kier alpha value is -3.02. The number of benzene rings is 2. The summed E-state index contributed by atoms with van der Waals surface area (Å²) in [5.74, 6) is -0.878. The molecule has 1 heterocycles. The summed E-state index contributed by atoms with van der Waals surface area (Å²) in [6.45, 7) is 5.90. The lowest BCUT2D eigenvalue weighted by Crippen LogP contribution is -2.04. The SMILES string of the molecule is Cc1cc(Nc2ccc(F)c(F)c2)nc(Nc2cccc(C)c2C)n1. The van der Waals surface area contributed by atoms with Crippen LogP contribution >= 0.6 is 0 Å². The van der Waals surface area contributed by atoms with Crippen LogP contribution in [0.5, 0.6) is 0 Å². The van der Waals surface area contributed by atoms with Crippen molar-refractivity contribution < 1.29 is 8.78 Å². The number of hydrogen-bond acceptors (Lipinski definition) is 4. The summed E-state index contributed by atoms with van der Waals surface area (Å²) >= 11 is 0. The summed E-state index contributed by atoms with van der Waals surface area (Å²) in [6, 6.07) is 11.3. The van der Waals surface area contributed by atoms with Gasteiger partial charge < -0.3 is 10.6 Å². The van der Waals surface area contributed by atoms with Crippen LogP contribution in [-0.2, 0) is 0 Å². The molecule has 0 saturated heterocycles. The first-order chi connectivity index (χ1) is 11.9. The van der Waals surface area contributed by atoms with Crippen molar-refractivity contribution in [3.63, 3.8) is 0 Å². The van der Waals surface area contributed by atoms with Gasteiger partial charge in [-0.2, -0.15) is 4.98 Å². The second kappa shape index (κ2) is 6.84. The van der Waals surface area contributed by atoms with E-state index in [4.69, 9.17) is 0 Å². The van der Waals surface area contributed by atoms with E-state index >= 15 is 0 Å². The zero-order valence-electron chi connectivity index (χ0n) is 14.2. The Bertz CT molecular complexity index is 925. The first kappa shape index (κ1) is 16.8. The Morgan fingerprint density at radius 1 is 0.840 bits per heavy atom. The molecule has 6 heteroatoms. The van der Waals surface area contributed by atoms with Crippen LogP contribution in [-0.4, -0.2) is 9.97 Å². The van der Waals surface area contributed by atoms with Gasteiger partial charge in [-0.25, -0.2) is 13.8 Å². The molecule has 3 aromatic rings. The van der Waals surface area contributed by atoms with Crippen molar-refractivity contribution >= 4 is 23.1 Å². The maximum Gasteiger partial charge on any atom is 0.229 e. The fourth-order valence-corrected chi connectivity index (χ4v) is 2.42. The third-order valence-electron chi connectivity index (χ3n) is 3.90. The highest BCUT2D eigenvalue weighted by atomic mass is 19.2. The summed E-state index contributed by atoms with van der Waals surface area (Å²) in [5, 5.41) is 6.17. The number of hydrogen-bond donors (Lipinski definition) is 2. The lowest BCUT2D eigenvalue weighted by Gasteiger charge is -2.12. The van der Waals surface area contributed by atoms with Crippen LogP contribution < -0.4 is 10.6 Å². The van der Waals surface area contributed by atoms with Gasteiger partial charge in [0.05, 0.1) is 0 Å². The van der Waals surface area contributed by atoms with E-state index in [1.54, 1.807) is 6.07 Å². The zero-order chi connectivity index (χ0) is 18.0. The highest BCUT2D eigenvalue weighted by Crippen LogP contribution is 2.23. The van der Waals surface area contributed by atoms with Crippen molar-refractivity contribution in [3.05, 3.63) is 70.9 Å². The number of aryl methyl sites for hydroxylation is 2. The molecule has 0 bridgehead atoms. The van der Waals surface area contributed by atoms with Crippen LogP contribution in [0, 0.1) is 32.4 Å². The second-order valence-corrected chi connectivity index (χ2v) is 5.84. The van der Waals surface area contributed by atoms with Crippen molar-refractivity contribution in [1.82, 2.24) is 9.97 Å². The fourth-order valence-electron chi connectivity index (χ4n) is 2.42. The van der Waals surface area contributed by atoms with Gasteiger partial charge in [0.1, 0.15) is 5.82 Å². The third kappa shape index (κ3) is 3.91. The summed E-state index contributed by atoms with van der Waals surface area (Å²) < 4.78 is 26.4. The van der Waals surface area contributed by atoms with Crippen LogP contribution in [0.25, 0.3) is 0 Å². The highest BCUT2D eigenvalue weighted by Gasteiger charge is 2.08.